The number of aliphatic hydroxyl groups is 1. The van der Waals surface area contributed by atoms with E-state index in [1.807, 2.05) is 0 Å². The van der Waals surface area contributed by atoms with Gasteiger partial charge in [0.1, 0.15) is 35.9 Å². The van der Waals surface area contributed by atoms with Crippen LogP contribution in [0, 0.1) is 0 Å². The molecule has 2 aromatic heterocycles. The number of rotatable bonds is 5. The molecule has 0 radical (unpaired) electrons. The van der Waals surface area contributed by atoms with Crippen molar-refractivity contribution in [2.75, 3.05) is 11.9 Å². The number of aliphatic hydroxyl groups excluding tert-OH is 1. The molecule has 0 aliphatic heterocycles. The molecule has 0 aromatic carbocycles. The molecular formula is C19H20F4N6O2. The van der Waals surface area contributed by atoms with Crippen molar-refractivity contribution in [1.29, 1.82) is 0 Å². The van der Waals surface area contributed by atoms with E-state index in [0.29, 0.717) is 0 Å². The zero-order valence-corrected chi connectivity index (χ0v) is 16.2. The van der Waals surface area contributed by atoms with E-state index in [1.54, 1.807) is 0 Å². The van der Waals surface area contributed by atoms with Crippen molar-refractivity contribution in [2.24, 2.45) is 0 Å². The number of anilines is 1. The van der Waals surface area contributed by atoms with E-state index in [9.17, 15) is 27.5 Å². The lowest BCUT2D eigenvalue weighted by Gasteiger charge is -2.35. The third kappa shape index (κ3) is 4.24. The summed E-state index contributed by atoms with van der Waals surface area (Å²) >= 11 is 0. The van der Waals surface area contributed by atoms with Gasteiger partial charge in [-0.3, -0.25) is 9.89 Å². The van der Waals surface area contributed by atoms with E-state index in [2.05, 4.69) is 30.8 Å². The highest BCUT2D eigenvalue weighted by molar-refractivity contribution is 6.07. The second-order valence-electron chi connectivity index (χ2n) is 7.56. The molecule has 0 bridgehead atoms. The summed E-state index contributed by atoms with van der Waals surface area (Å²) in [6.45, 7) is -0.230. The Morgan fingerprint density at radius 3 is 2.97 bits per heavy atom. The maximum absolute atomic E-state index is 13.9. The van der Waals surface area contributed by atoms with Gasteiger partial charge in [0.25, 0.3) is 11.8 Å². The zero-order valence-electron chi connectivity index (χ0n) is 16.2. The SMILES string of the molecule is O=C(NCC1=CC(F)=CCC1F)c1[nH]nc2ncnc(N[C@@H]3CCCC(F)(F)[C@H]3O)c12. The summed E-state index contributed by atoms with van der Waals surface area (Å²) in [4.78, 5) is 20.6. The lowest BCUT2D eigenvalue weighted by Crippen LogP contribution is -2.49. The fraction of sp³-hybridized carbons (Fsp3) is 0.474. The van der Waals surface area contributed by atoms with E-state index < -0.39 is 42.4 Å². The van der Waals surface area contributed by atoms with Crippen LogP contribution in [0.3, 0.4) is 0 Å². The predicted octanol–water partition coefficient (Wildman–Crippen LogP) is 2.56. The fourth-order valence-electron chi connectivity index (χ4n) is 3.74. The van der Waals surface area contributed by atoms with Crippen LogP contribution in [-0.4, -0.2) is 62.0 Å². The van der Waals surface area contributed by atoms with Crippen LogP contribution in [-0.2, 0) is 0 Å². The number of hydrogen-bond donors (Lipinski definition) is 4. The molecule has 8 nitrogen and oxygen atoms in total. The molecule has 1 unspecified atom stereocenters. The lowest BCUT2D eigenvalue weighted by molar-refractivity contribution is -0.135. The van der Waals surface area contributed by atoms with Crippen LogP contribution in [0.2, 0.25) is 0 Å². The van der Waals surface area contributed by atoms with E-state index in [0.717, 1.165) is 18.5 Å². The fourth-order valence-corrected chi connectivity index (χ4v) is 3.74. The van der Waals surface area contributed by atoms with Gasteiger partial charge in [0.15, 0.2) is 5.65 Å². The Morgan fingerprint density at radius 2 is 2.16 bits per heavy atom. The second-order valence-corrected chi connectivity index (χ2v) is 7.56. The summed E-state index contributed by atoms with van der Waals surface area (Å²) in [5.41, 5.74) is 0.117. The molecule has 31 heavy (non-hydrogen) atoms. The highest BCUT2D eigenvalue weighted by Crippen LogP contribution is 2.35. The molecule has 0 saturated heterocycles. The van der Waals surface area contributed by atoms with Gasteiger partial charge in [0.05, 0.1) is 11.4 Å². The van der Waals surface area contributed by atoms with Gasteiger partial charge in [-0.15, -0.1) is 0 Å². The smallest absolute Gasteiger partial charge is 0.275 e. The number of aromatic amines is 1. The average molecular weight is 440 g/mol. The van der Waals surface area contributed by atoms with Gasteiger partial charge in [0, 0.05) is 19.4 Å². The Labute approximate surface area is 173 Å². The van der Waals surface area contributed by atoms with Crippen molar-refractivity contribution >= 4 is 22.8 Å². The van der Waals surface area contributed by atoms with Crippen molar-refractivity contribution in [3.63, 3.8) is 0 Å². The molecule has 2 aliphatic carbocycles. The molecule has 3 atom stereocenters. The zero-order chi connectivity index (χ0) is 22.2. The number of nitrogens with one attached hydrogen (secondary N) is 3. The summed E-state index contributed by atoms with van der Waals surface area (Å²) in [7, 11) is 0. The van der Waals surface area contributed by atoms with Crippen LogP contribution in [0.4, 0.5) is 23.4 Å². The summed E-state index contributed by atoms with van der Waals surface area (Å²) in [5, 5.41) is 21.8. The van der Waals surface area contributed by atoms with Crippen LogP contribution < -0.4 is 10.6 Å². The van der Waals surface area contributed by atoms with Gasteiger partial charge in [-0.2, -0.15) is 5.10 Å². The van der Waals surface area contributed by atoms with Crippen molar-refractivity contribution in [2.45, 2.75) is 49.9 Å². The van der Waals surface area contributed by atoms with Crippen LogP contribution in [0.1, 0.15) is 36.2 Å². The summed E-state index contributed by atoms with van der Waals surface area (Å²) < 4.78 is 55.0. The third-order valence-electron chi connectivity index (χ3n) is 5.44. The molecule has 0 spiro atoms. The van der Waals surface area contributed by atoms with Crippen molar-refractivity contribution in [1.82, 2.24) is 25.5 Å². The normalized spacial score (nSPS) is 25.6. The number of allylic oxidation sites excluding steroid dienone is 3. The Bertz CT molecular complexity index is 1050. The quantitative estimate of drug-likeness (QED) is 0.531. The van der Waals surface area contributed by atoms with E-state index in [1.165, 1.54) is 0 Å². The molecular weight excluding hydrogens is 420 g/mol. The summed E-state index contributed by atoms with van der Waals surface area (Å²) in [6.07, 6.45) is -0.0613. The van der Waals surface area contributed by atoms with Gasteiger partial charge in [-0.05, 0) is 30.6 Å². The van der Waals surface area contributed by atoms with Crippen molar-refractivity contribution in [3.05, 3.63) is 35.6 Å². The Morgan fingerprint density at radius 1 is 1.35 bits per heavy atom. The van der Waals surface area contributed by atoms with Crippen molar-refractivity contribution < 1.29 is 27.5 Å². The lowest BCUT2D eigenvalue weighted by atomic mass is 9.89. The van der Waals surface area contributed by atoms with Gasteiger partial charge >= 0.3 is 0 Å². The topological polar surface area (TPSA) is 116 Å². The van der Waals surface area contributed by atoms with Crippen LogP contribution in [0.5, 0.6) is 0 Å². The minimum absolute atomic E-state index is 0.0554. The van der Waals surface area contributed by atoms with Gasteiger partial charge < -0.3 is 15.7 Å². The number of halogens is 4. The molecule has 4 N–H and O–H groups in total. The predicted molar refractivity (Wildman–Crippen MR) is 103 cm³/mol. The van der Waals surface area contributed by atoms with Gasteiger partial charge in [-0.25, -0.2) is 27.5 Å². The first kappa shape index (κ1) is 21.2. The molecule has 166 valence electrons. The number of carbonyl (C=O) groups is 1. The second kappa shape index (κ2) is 8.25. The number of hydrogen-bond acceptors (Lipinski definition) is 6. The van der Waals surface area contributed by atoms with Crippen molar-refractivity contribution in [3.8, 4) is 0 Å². The Kier molecular flexibility index (Phi) is 5.65. The highest BCUT2D eigenvalue weighted by Gasteiger charge is 2.46. The number of H-pyrrole nitrogens is 1. The minimum atomic E-state index is -3.24. The average Bonchev–Trinajstić information content (AvgIpc) is 3.17. The van der Waals surface area contributed by atoms with E-state index >= 15 is 0 Å². The molecule has 1 amide bonds. The van der Waals surface area contributed by atoms with Gasteiger partial charge in [0.2, 0.25) is 0 Å². The maximum Gasteiger partial charge on any atom is 0.275 e. The standard InChI is InChI=1S/C19H20F4N6O2/c20-10-3-4-11(21)9(6-10)7-24-18(31)14-13-16(25-8-26-17(13)29-28-14)27-12-2-1-5-19(22,23)15(12)30/h3,6,8,11-12,15,30H,1-2,4-5,7H2,(H,24,31)(H2,25,26,27,28,29)/t11?,12-,15+/m1/s1. The largest absolute Gasteiger partial charge is 0.385 e. The van der Waals surface area contributed by atoms with Crippen LogP contribution in [0.15, 0.2) is 29.9 Å². The third-order valence-corrected chi connectivity index (χ3v) is 5.44. The minimum Gasteiger partial charge on any atom is -0.385 e. The number of alkyl halides is 3. The van der Waals surface area contributed by atoms with Crippen LogP contribution >= 0.6 is 0 Å². The number of nitrogens with zero attached hydrogens (tertiary/aromatic N) is 3. The summed E-state index contributed by atoms with van der Waals surface area (Å²) in [6, 6.07) is -0.984. The number of carbonyl (C=O) groups excluding carboxylic acids is 1. The first-order valence-corrected chi connectivity index (χ1v) is 9.76. The number of fused-ring (bicyclic) bond motifs is 1. The maximum atomic E-state index is 13.9. The number of amides is 1. The number of aromatic nitrogens is 4. The Hall–Kier alpha value is -3.02. The highest BCUT2D eigenvalue weighted by atomic mass is 19.3. The summed E-state index contributed by atoms with van der Waals surface area (Å²) in [5.74, 6) is -4.44. The first-order chi connectivity index (χ1) is 14.8. The molecule has 2 heterocycles. The van der Waals surface area contributed by atoms with Gasteiger partial charge in [-0.1, -0.05) is 0 Å². The monoisotopic (exact) mass is 440 g/mol. The molecule has 4 rings (SSSR count). The molecule has 1 saturated carbocycles. The molecule has 1 fully saturated rings. The Balaban J connectivity index is 1.55. The van der Waals surface area contributed by atoms with Crippen LogP contribution in [0.25, 0.3) is 11.0 Å². The van der Waals surface area contributed by atoms with E-state index in [4.69, 9.17) is 0 Å². The first-order valence-electron chi connectivity index (χ1n) is 9.76. The molecule has 12 heteroatoms. The van der Waals surface area contributed by atoms with E-state index in [-0.39, 0.29) is 53.9 Å². The molecule has 2 aromatic rings. The molecule has 2 aliphatic rings.